The number of hydrogen-bond acceptors (Lipinski definition) is 1. The quantitative estimate of drug-likeness (QED) is 0.417. The Hall–Kier alpha value is -0.530. The fourth-order valence-corrected chi connectivity index (χ4v) is 0.765. The maximum atomic E-state index is 5.22. The van der Waals surface area contributed by atoms with E-state index in [1.54, 1.807) is 0 Å². The average molecular weight is 114 g/mol. The van der Waals surface area contributed by atoms with E-state index in [1.807, 2.05) is 14.0 Å². The van der Waals surface area contributed by atoms with Crippen molar-refractivity contribution in [1.29, 1.82) is 0 Å². The van der Waals surface area contributed by atoms with Crippen LogP contribution in [-0.2, 0) is 4.74 Å². The summed E-state index contributed by atoms with van der Waals surface area (Å²) in [4.78, 5) is 0. The van der Waals surface area contributed by atoms with E-state index in [1.165, 1.54) is 0 Å². The van der Waals surface area contributed by atoms with Crippen LogP contribution in [0.1, 0.15) is 13.8 Å². The molecule has 8 heavy (non-hydrogen) atoms. The maximum absolute atomic E-state index is 5.22. The van der Waals surface area contributed by atoms with E-state index < -0.39 is 0 Å². The number of nitrogens with zero attached hydrogens (tertiary/aromatic N) is 1. The normalized spacial score (nSPS) is 28.6. The molecule has 0 N–H and O–H groups in total. The lowest BCUT2D eigenvalue weighted by atomic mass is 10.4. The van der Waals surface area contributed by atoms with Gasteiger partial charge in [-0.05, 0) is 0 Å². The fourth-order valence-electron chi connectivity index (χ4n) is 0.765. The Labute approximate surface area is 49.8 Å². The van der Waals surface area contributed by atoms with Crippen LogP contribution in [0.25, 0.3) is 0 Å². The SMILES string of the molecule is CC1=[N+](C)C(C)CO1. The molecule has 0 aromatic heterocycles. The first kappa shape index (κ1) is 5.60. The lowest BCUT2D eigenvalue weighted by molar-refractivity contribution is -0.523. The molecule has 1 unspecified atom stereocenters. The Balaban J connectivity index is 2.71. The summed E-state index contributed by atoms with van der Waals surface area (Å²) in [7, 11) is 2.05. The average Bonchev–Trinajstić information content (AvgIpc) is 1.98. The van der Waals surface area contributed by atoms with Crippen LogP contribution in [-0.4, -0.2) is 30.2 Å². The molecule has 0 aliphatic carbocycles. The van der Waals surface area contributed by atoms with E-state index in [0.29, 0.717) is 6.04 Å². The Bertz CT molecular complexity index is 128. The van der Waals surface area contributed by atoms with E-state index >= 15 is 0 Å². The van der Waals surface area contributed by atoms with Crippen molar-refractivity contribution in [3.05, 3.63) is 0 Å². The van der Waals surface area contributed by atoms with Crippen molar-refractivity contribution < 1.29 is 9.31 Å². The number of ether oxygens (including phenoxy) is 1. The van der Waals surface area contributed by atoms with Gasteiger partial charge in [-0.15, -0.1) is 0 Å². The number of rotatable bonds is 0. The topological polar surface area (TPSA) is 12.2 Å². The van der Waals surface area contributed by atoms with Crippen molar-refractivity contribution in [2.24, 2.45) is 0 Å². The Morgan fingerprint density at radius 3 is 2.50 bits per heavy atom. The zero-order valence-corrected chi connectivity index (χ0v) is 5.64. The van der Waals surface area contributed by atoms with Gasteiger partial charge >= 0.3 is 5.90 Å². The molecule has 1 heterocycles. The van der Waals surface area contributed by atoms with E-state index in [9.17, 15) is 0 Å². The molecule has 0 saturated carbocycles. The van der Waals surface area contributed by atoms with Crippen molar-refractivity contribution in [1.82, 2.24) is 0 Å². The summed E-state index contributed by atoms with van der Waals surface area (Å²) in [6.07, 6.45) is 0. The summed E-state index contributed by atoms with van der Waals surface area (Å²) in [6, 6.07) is 0.565. The minimum absolute atomic E-state index is 0.565. The van der Waals surface area contributed by atoms with Gasteiger partial charge in [-0.25, -0.2) is 0 Å². The molecular formula is C6H12NO+. The summed E-state index contributed by atoms with van der Waals surface area (Å²) in [6.45, 7) is 4.99. The van der Waals surface area contributed by atoms with Gasteiger partial charge in [-0.2, -0.15) is 4.58 Å². The van der Waals surface area contributed by atoms with Gasteiger partial charge < -0.3 is 4.74 Å². The molecule has 1 atom stereocenters. The molecule has 0 bridgehead atoms. The van der Waals surface area contributed by atoms with Gasteiger partial charge in [-0.1, -0.05) is 0 Å². The Morgan fingerprint density at radius 1 is 1.75 bits per heavy atom. The highest BCUT2D eigenvalue weighted by Crippen LogP contribution is 1.99. The molecule has 2 nitrogen and oxygen atoms in total. The Kier molecular flexibility index (Phi) is 1.24. The van der Waals surface area contributed by atoms with Crippen LogP contribution < -0.4 is 0 Å². The van der Waals surface area contributed by atoms with Crippen molar-refractivity contribution in [2.75, 3.05) is 13.7 Å². The van der Waals surface area contributed by atoms with Crippen LogP contribution in [0.15, 0.2) is 0 Å². The third kappa shape index (κ3) is 0.703. The van der Waals surface area contributed by atoms with Gasteiger partial charge in [0.2, 0.25) is 0 Å². The second-order valence-corrected chi connectivity index (χ2v) is 2.29. The smallest absolute Gasteiger partial charge is 0.333 e. The molecule has 0 aromatic carbocycles. The molecule has 1 rings (SSSR count). The third-order valence-electron chi connectivity index (χ3n) is 1.69. The first-order chi connectivity index (χ1) is 3.72. The number of likely N-dealkylation sites (N-methyl/N-ethyl adjacent to an activating group) is 1. The Morgan fingerprint density at radius 2 is 2.38 bits per heavy atom. The molecule has 0 radical (unpaired) electrons. The molecule has 2 heteroatoms. The molecule has 0 amide bonds. The van der Waals surface area contributed by atoms with Crippen LogP contribution in [0, 0.1) is 0 Å². The van der Waals surface area contributed by atoms with Crippen molar-refractivity contribution >= 4 is 5.90 Å². The molecule has 0 aromatic rings. The molecule has 0 spiro atoms. The van der Waals surface area contributed by atoms with Crippen LogP contribution >= 0.6 is 0 Å². The van der Waals surface area contributed by atoms with Gasteiger partial charge in [0.05, 0.1) is 6.92 Å². The molecule has 0 fully saturated rings. The fraction of sp³-hybridized carbons (Fsp3) is 0.833. The summed E-state index contributed by atoms with van der Waals surface area (Å²) in [5.41, 5.74) is 0. The van der Waals surface area contributed by atoms with Crippen LogP contribution in [0.5, 0.6) is 0 Å². The standard InChI is InChI=1S/C6H12NO/c1-5-4-8-6(2)7(5)3/h5H,4H2,1-3H3/q+1. The first-order valence-electron chi connectivity index (χ1n) is 2.91. The van der Waals surface area contributed by atoms with E-state index in [4.69, 9.17) is 4.74 Å². The maximum Gasteiger partial charge on any atom is 0.333 e. The molecule has 0 saturated heterocycles. The predicted octanol–water partition coefficient (Wildman–Crippen LogP) is 0.466. The van der Waals surface area contributed by atoms with Crippen molar-refractivity contribution in [2.45, 2.75) is 19.9 Å². The van der Waals surface area contributed by atoms with Gasteiger partial charge in [-0.3, -0.25) is 0 Å². The lowest BCUT2D eigenvalue weighted by Gasteiger charge is -1.91. The van der Waals surface area contributed by atoms with E-state index in [2.05, 4.69) is 11.5 Å². The van der Waals surface area contributed by atoms with Gasteiger partial charge in [0, 0.05) is 6.92 Å². The molecular weight excluding hydrogens is 102 g/mol. The van der Waals surface area contributed by atoms with Crippen LogP contribution in [0.2, 0.25) is 0 Å². The van der Waals surface area contributed by atoms with Gasteiger partial charge in [0.15, 0.2) is 12.6 Å². The van der Waals surface area contributed by atoms with E-state index in [-0.39, 0.29) is 0 Å². The second-order valence-electron chi connectivity index (χ2n) is 2.29. The highest BCUT2D eigenvalue weighted by atomic mass is 16.5. The lowest BCUT2D eigenvalue weighted by Crippen LogP contribution is -2.17. The van der Waals surface area contributed by atoms with Crippen LogP contribution in [0.3, 0.4) is 0 Å². The van der Waals surface area contributed by atoms with E-state index in [0.717, 1.165) is 12.5 Å². The van der Waals surface area contributed by atoms with Gasteiger partial charge in [0.1, 0.15) is 7.05 Å². The van der Waals surface area contributed by atoms with Gasteiger partial charge in [0.25, 0.3) is 0 Å². The largest absolute Gasteiger partial charge is 0.441 e. The summed E-state index contributed by atoms with van der Waals surface area (Å²) in [5, 5.41) is 0. The third-order valence-corrected chi connectivity index (χ3v) is 1.69. The predicted molar refractivity (Wildman–Crippen MR) is 32.3 cm³/mol. The minimum atomic E-state index is 0.565. The summed E-state index contributed by atoms with van der Waals surface area (Å²) >= 11 is 0. The molecule has 1 aliphatic rings. The summed E-state index contributed by atoms with van der Waals surface area (Å²) in [5.74, 6) is 1.04. The first-order valence-corrected chi connectivity index (χ1v) is 2.91. The zero-order valence-electron chi connectivity index (χ0n) is 5.64. The summed E-state index contributed by atoms with van der Waals surface area (Å²) < 4.78 is 7.36. The number of hydrogen-bond donors (Lipinski definition) is 0. The molecule has 46 valence electrons. The zero-order chi connectivity index (χ0) is 6.15. The van der Waals surface area contributed by atoms with Crippen molar-refractivity contribution in [3.8, 4) is 0 Å². The highest BCUT2D eigenvalue weighted by molar-refractivity contribution is 5.68. The highest BCUT2D eigenvalue weighted by Gasteiger charge is 2.23. The van der Waals surface area contributed by atoms with Crippen molar-refractivity contribution in [3.63, 3.8) is 0 Å². The second kappa shape index (κ2) is 1.77. The molecule has 1 aliphatic heterocycles. The van der Waals surface area contributed by atoms with Crippen LogP contribution in [0.4, 0.5) is 0 Å². The minimum Gasteiger partial charge on any atom is -0.441 e. The monoisotopic (exact) mass is 114 g/mol.